The maximum absolute atomic E-state index is 14.2. The number of hydrogen-bond acceptors (Lipinski definition) is 6. The summed E-state index contributed by atoms with van der Waals surface area (Å²) >= 11 is 1.39. The quantitative estimate of drug-likeness (QED) is 0.422. The molecule has 1 aliphatic rings. The molecule has 0 saturated heterocycles. The van der Waals surface area contributed by atoms with Crippen LogP contribution in [0.25, 0.3) is 11.3 Å². The molecular weight excluding hydrogens is 455 g/mol. The maximum Gasteiger partial charge on any atom is 0.262 e. The summed E-state index contributed by atoms with van der Waals surface area (Å²) < 4.78 is 26.5. The Balaban J connectivity index is 1.62. The molecule has 0 bridgehead atoms. The van der Waals surface area contributed by atoms with Gasteiger partial charge in [0.1, 0.15) is 17.3 Å². The first-order valence-corrected chi connectivity index (χ1v) is 11.2. The Hall–Kier alpha value is -4.24. The monoisotopic (exact) mass is 474 g/mol. The van der Waals surface area contributed by atoms with Crippen LogP contribution >= 0.6 is 11.3 Å². The highest BCUT2D eigenvalue weighted by atomic mass is 32.1. The summed E-state index contributed by atoms with van der Waals surface area (Å²) in [6.45, 7) is -0.0113. The topological polar surface area (TPSA) is 77.2 Å². The number of nitrogens with zero attached hydrogens (tertiary/aromatic N) is 3. The van der Waals surface area contributed by atoms with Crippen LogP contribution in [-0.2, 0) is 4.79 Å². The second-order valence-electron chi connectivity index (χ2n) is 7.34. The van der Waals surface area contributed by atoms with E-state index in [0.29, 0.717) is 21.8 Å². The van der Waals surface area contributed by atoms with Crippen LogP contribution in [0.4, 0.5) is 15.8 Å². The zero-order chi connectivity index (χ0) is 23.5. The summed E-state index contributed by atoms with van der Waals surface area (Å²) in [4.78, 5) is 17.1. The van der Waals surface area contributed by atoms with Gasteiger partial charge in [0.25, 0.3) is 5.91 Å². The predicted molar refractivity (Wildman–Crippen MR) is 129 cm³/mol. The lowest BCUT2D eigenvalue weighted by Gasteiger charge is -2.18. The Labute approximate surface area is 198 Å². The van der Waals surface area contributed by atoms with Gasteiger partial charge in [0, 0.05) is 16.5 Å². The minimum atomic E-state index is -0.370. The van der Waals surface area contributed by atoms with Gasteiger partial charge in [0.15, 0.2) is 6.61 Å². The number of nitrogens with one attached hydrogen (secondary N) is 1. The highest BCUT2D eigenvalue weighted by molar-refractivity contribution is 7.07. The second kappa shape index (κ2) is 9.32. The molecule has 0 atom stereocenters. The lowest BCUT2D eigenvalue weighted by atomic mass is 10.1. The molecule has 0 radical (unpaired) electrons. The molecule has 7 nitrogen and oxygen atoms in total. The van der Waals surface area contributed by atoms with Crippen molar-refractivity contribution in [3.05, 3.63) is 88.3 Å². The third kappa shape index (κ3) is 4.46. The third-order valence-corrected chi connectivity index (χ3v) is 5.92. The fraction of sp³-hybridized carbons (Fsp3) is 0.0800. The fourth-order valence-electron chi connectivity index (χ4n) is 3.40. The summed E-state index contributed by atoms with van der Waals surface area (Å²) in [5.41, 5.74) is 3.18. The predicted octanol–water partition coefficient (Wildman–Crippen LogP) is 4.81. The number of halogens is 1. The number of carbonyl (C=O) groups excluding carboxylic acids is 1. The maximum atomic E-state index is 14.2. The molecule has 1 aromatic heterocycles. The Kier molecular flexibility index (Phi) is 5.92. The molecule has 3 aromatic carbocycles. The molecule has 0 fully saturated rings. The summed E-state index contributed by atoms with van der Waals surface area (Å²) in [5.74, 6) is 0.749. The minimum absolute atomic E-state index is 0.0113. The van der Waals surface area contributed by atoms with Crippen molar-refractivity contribution in [1.82, 2.24) is 4.68 Å². The fourth-order valence-corrected chi connectivity index (χ4v) is 4.25. The standard InChI is InChI=1S/C25H19FN4O3S/c1-32-19-9-7-18(8-10-19)28-25-30(27-13-17-4-2-3-5-20(17)26)22(15-34-25)16-6-11-23-21(12-16)29-24(31)14-33-23/h2-13,15H,14H2,1H3,(H,29,31). The van der Waals surface area contributed by atoms with E-state index in [2.05, 4.69) is 10.4 Å². The van der Waals surface area contributed by atoms with Crippen LogP contribution in [-0.4, -0.2) is 30.5 Å². The van der Waals surface area contributed by atoms with Crippen molar-refractivity contribution >= 4 is 34.8 Å². The number of hydrogen-bond donors (Lipinski definition) is 1. The van der Waals surface area contributed by atoms with Crippen LogP contribution in [0.15, 0.2) is 82.2 Å². The van der Waals surface area contributed by atoms with E-state index in [1.165, 1.54) is 23.6 Å². The first kappa shape index (κ1) is 21.6. The van der Waals surface area contributed by atoms with Crippen LogP contribution in [0.5, 0.6) is 11.5 Å². The second-order valence-corrected chi connectivity index (χ2v) is 8.18. The van der Waals surface area contributed by atoms with E-state index in [0.717, 1.165) is 22.7 Å². The Morgan fingerprint density at radius 2 is 1.97 bits per heavy atom. The van der Waals surface area contributed by atoms with Crippen molar-refractivity contribution in [1.29, 1.82) is 0 Å². The normalized spacial score (nSPS) is 13.5. The summed E-state index contributed by atoms with van der Waals surface area (Å²) in [6.07, 6.45) is 1.46. The Morgan fingerprint density at radius 1 is 1.15 bits per heavy atom. The van der Waals surface area contributed by atoms with Gasteiger partial charge in [-0.3, -0.25) is 4.79 Å². The summed E-state index contributed by atoms with van der Waals surface area (Å²) in [5, 5.41) is 9.29. The van der Waals surface area contributed by atoms with E-state index < -0.39 is 0 Å². The summed E-state index contributed by atoms with van der Waals surface area (Å²) in [6, 6.07) is 19.2. The van der Waals surface area contributed by atoms with Crippen LogP contribution in [0, 0.1) is 5.82 Å². The zero-order valence-corrected chi connectivity index (χ0v) is 18.9. The van der Waals surface area contributed by atoms with Crippen molar-refractivity contribution < 1.29 is 18.7 Å². The van der Waals surface area contributed by atoms with E-state index >= 15 is 0 Å². The zero-order valence-electron chi connectivity index (χ0n) is 18.1. The number of benzene rings is 3. The van der Waals surface area contributed by atoms with Crippen molar-refractivity contribution in [3.8, 4) is 22.8 Å². The molecule has 5 rings (SSSR count). The van der Waals surface area contributed by atoms with Gasteiger partial charge < -0.3 is 14.8 Å². The molecular formula is C25H19FN4O3S. The van der Waals surface area contributed by atoms with Crippen molar-refractivity contribution in [2.24, 2.45) is 10.1 Å². The molecule has 4 aromatic rings. The molecule has 1 aliphatic heterocycles. The van der Waals surface area contributed by atoms with Crippen LogP contribution in [0.2, 0.25) is 0 Å². The van der Waals surface area contributed by atoms with Gasteiger partial charge in [-0.05, 0) is 48.5 Å². The molecule has 1 amide bonds. The van der Waals surface area contributed by atoms with Crippen LogP contribution in [0.3, 0.4) is 0 Å². The average molecular weight is 475 g/mol. The summed E-state index contributed by atoms with van der Waals surface area (Å²) in [7, 11) is 1.61. The first-order valence-electron chi connectivity index (χ1n) is 10.4. The van der Waals surface area contributed by atoms with E-state index in [-0.39, 0.29) is 18.3 Å². The Bertz CT molecular complexity index is 1460. The van der Waals surface area contributed by atoms with E-state index in [4.69, 9.17) is 14.5 Å². The molecule has 0 aliphatic carbocycles. The number of amides is 1. The van der Waals surface area contributed by atoms with Gasteiger partial charge in [-0.1, -0.05) is 18.2 Å². The number of thiazole rings is 1. The highest BCUT2D eigenvalue weighted by Gasteiger charge is 2.18. The number of carbonyl (C=O) groups is 1. The number of methoxy groups -OCH3 is 1. The molecule has 170 valence electrons. The molecule has 1 N–H and O–H groups in total. The molecule has 0 saturated carbocycles. The van der Waals surface area contributed by atoms with E-state index in [9.17, 15) is 9.18 Å². The van der Waals surface area contributed by atoms with Gasteiger partial charge in [0.05, 0.1) is 30.4 Å². The highest BCUT2D eigenvalue weighted by Crippen LogP contribution is 2.33. The largest absolute Gasteiger partial charge is 0.497 e. The molecule has 34 heavy (non-hydrogen) atoms. The lowest BCUT2D eigenvalue weighted by Crippen LogP contribution is -2.25. The molecule has 2 heterocycles. The molecule has 9 heteroatoms. The number of fused-ring (bicyclic) bond motifs is 1. The number of rotatable bonds is 5. The number of aromatic nitrogens is 1. The van der Waals surface area contributed by atoms with Gasteiger partial charge in [-0.15, -0.1) is 11.3 Å². The average Bonchev–Trinajstić information content (AvgIpc) is 3.25. The number of ether oxygens (including phenoxy) is 2. The minimum Gasteiger partial charge on any atom is -0.497 e. The molecule has 0 spiro atoms. The lowest BCUT2D eigenvalue weighted by molar-refractivity contribution is -0.118. The Morgan fingerprint density at radius 3 is 2.76 bits per heavy atom. The van der Waals surface area contributed by atoms with Gasteiger partial charge >= 0.3 is 0 Å². The first-order chi connectivity index (χ1) is 16.6. The number of anilines is 1. The smallest absolute Gasteiger partial charge is 0.262 e. The SMILES string of the molecule is COc1ccc(N=c2scc(-c3ccc4c(c3)NC(=O)CO4)n2N=Cc2ccccc2F)cc1. The van der Waals surface area contributed by atoms with E-state index in [1.807, 2.05) is 41.8 Å². The van der Waals surface area contributed by atoms with E-state index in [1.54, 1.807) is 36.1 Å². The van der Waals surface area contributed by atoms with Gasteiger partial charge in [-0.25, -0.2) is 14.1 Å². The van der Waals surface area contributed by atoms with Crippen molar-refractivity contribution in [2.45, 2.75) is 0 Å². The van der Waals surface area contributed by atoms with Crippen molar-refractivity contribution in [2.75, 3.05) is 19.0 Å². The molecule has 0 unspecified atom stereocenters. The van der Waals surface area contributed by atoms with Crippen LogP contribution < -0.4 is 19.6 Å². The third-order valence-electron chi connectivity index (χ3n) is 5.11. The van der Waals surface area contributed by atoms with Crippen LogP contribution in [0.1, 0.15) is 5.56 Å². The van der Waals surface area contributed by atoms with Gasteiger partial charge in [-0.2, -0.15) is 5.10 Å². The van der Waals surface area contributed by atoms with Gasteiger partial charge in [0.2, 0.25) is 4.80 Å². The van der Waals surface area contributed by atoms with Crippen molar-refractivity contribution in [3.63, 3.8) is 0 Å².